The third-order valence-electron chi connectivity index (χ3n) is 4.99. The minimum atomic E-state index is -0.519. The molecule has 0 bridgehead atoms. The first-order valence-electron chi connectivity index (χ1n) is 8.70. The van der Waals surface area contributed by atoms with Gasteiger partial charge in [-0.3, -0.25) is 9.80 Å². The molecule has 128 valence electrons. The second-order valence-electron chi connectivity index (χ2n) is 6.59. The Bertz CT molecular complexity index is 494. The van der Waals surface area contributed by atoms with Gasteiger partial charge in [0.15, 0.2) is 0 Å². The molecule has 1 aromatic rings. The van der Waals surface area contributed by atoms with Crippen LogP contribution in [0, 0.1) is 0 Å². The first-order valence-corrected chi connectivity index (χ1v) is 9.08. The Morgan fingerprint density at radius 3 is 2.74 bits per heavy atom. The van der Waals surface area contributed by atoms with Crippen LogP contribution < -0.4 is 0 Å². The number of benzene rings is 1. The Kier molecular flexibility index (Phi) is 6.31. The predicted molar refractivity (Wildman–Crippen MR) is 92.9 cm³/mol. The zero-order valence-electron chi connectivity index (χ0n) is 13.7. The van der Waals surface area contributed by atoms with Crippen LogP contribution in [0.4, 0.5) is 0 Å². The van der Waals surface area contributed by atoms with Gasteiger partial charge in [0.05, 0.1) is 19.3 Å². The predicted octanol–water partition coefficient (Wildman–Crippen LogP) is 2.56. The first kappa shape index (κ1) is 17.2. The maximum absolute atomic E-state index is 10.6. The van der Waals surface area contributed by atoms with Crippen molar-refractivity contribution in [3.8, 4) is 0 Å². The highest BCUT2D eigenvalue weighted by atomic mass is 35.5. The van der Waals surface area contributed by atoms with Gasteiger partial charge in [0.25, 0.3) is 0 Å². The van der Waals surface area contributed by atoms with E-state index in [4.69, 9.17) is 16.3 Å². The number of β-amino-alcohol motifs (C(OH)–C–C–N with tert-alkyl or cyclic N) is 1. The monoisotopic (exact) mass is 338 g/mol. The van der Waals surface area contributed by atoms with Crippen LogP contribution in [0.25, 0.3) is 0 Å². The highest BCUT2D eigenvalue weighted by molar-refractivity contribution is 6.31. The Labute approximate surface area is 144 Å². The maximum Gasteiger partial charge on any atom is 0.0931 e. The molecule has 0 spiro atoms. The number of hydrogen-bond acceptors (Lipinski definition) is 4. The van der Waals surface area contributed by atoms with E-state index in [-0.39, 0.29) is 0 Å². The van der Waals surface area contributed by atoms with Crippen molar-refractivity contribution in [3.05, 3.63) is 34.9 Å². The van der Waals surface area contributed by atoms with E-state index in [9.17, 15) is 5.11 Å². The number of nitrogens with zero attached hydrogens (tertiary/aromatic N) is 2. The third-order valence-corrected chi connectivity index (χ3v) is 5.34. The summed E-state index contributed by atoms with van der Waals surface area (Å²) in [7, 11) is 0. The molecule has 5 heteroatoms. The molecular weight excluding hydrogens is 312 g/mol. The molecule has 2 atom stereocenters. The van der Waals surface area contributed by atoms with Crippen LogP contribution in [-0.4, -0.2) is 66.9 Å². The van der Waals surface area contributed by atoms with Crippen LogP contribution in [0.1, 0.15) is 30.9 Å². The topological polar surface area (TPSA) is 35.9 Å². The van der Waals surface area contributed by atoms with Gasteiger partial charge in [0, 0.05) is 42.8 Å². The number of hydrogen-bond donors (Lipinski definition) is 1. The summed E-state index contributed by atoms with van der Waals surface area (Å²) in [5.74, 6) is 0. The lowest BCUT2D eigenvalue weighted by atomic mass is 9.99. The number of piperidine rings is 1. The Hall–Kier alpha value is -0.650. The molecule has 0 radical (unpaired) electrons. The zero-order chi connectivity index (χ0) is 16.1. The van der Waals surface area contributed by atoms with Gasteiger partial charge in [-0.25, -0.2) is 0 Å². The van der Waals surface area contributed by atoms with E-state index in [1.165, 1.54) is 19.3 Å². The van der Waals surface area contributed by atoms with Crippen LogP contribution in [-0.2, 0) is 4.74 Å². The smallest absolute Gasteiger partial charge is 0.0931 e. The summed E-state index contributed by atoms with van der Waals surface area (Å²) in [6.45, 7) is 6.55. The fourth-order valence-corrected chi connectivity index (χ4v) is 3.92. The lowest BCUT2D eigenvalue weighted by Crippen LogP contribution is -2.50. The van der Waals surface area contributed by atoms with Crippen molar-refractivity contribution < 1.29 is 9.84 Å². The Morgan fingerprint density at radius 2 is 1.96 bits per heavy atom. The minimum Gasteiger partial charge on any atom is -0.387 e. The van der Waals surface area contributed by atoms with E-state index in [1.54, 1.807) is 0 Å². The molecule has 23 heavy (non-hydrogen) atoms. The normalized spacial score (nSPS) is 25.4. The van der Waals surface area contributed by atoms with Crippen LogP contribution in [0.5, 0.6) is 0 Å². The van der Waals surface area contributed by atoms with Gasteiger partial charge in [0.2, 0.25) is 0 Å². The molecule has 3 rings (SSSR count). The third kappa shape index (κ3) is 4.68. The molecule has 0 saturated carbocycles. The van der Waals surface area contributed by atoms with Crippen LogP contribution >= 0.6 is 11.6 Å². The van der Waals surface area contributed by atoms with Crippen LogP contribution in [0.15, 0.2) is 24.3 Å². The Balaban J connectivity index is 1.60. The quantitative estimate of drug-likeness (QED) is 0.895. The van der Waals surface area contributed by atoms with Crippen LogP contribution in [0.3, 0.4) is 0 Å². The largest absolute Gasteiger partial charge is 0.387 e. The molecule has 2 heterocycles. The molecule has 2 aliphatic heterocycles. The van der Waals surface area contributed by atoms with Gasteiger partial charge < -0.3 is 9.84 Å². The van der Waals surface area contributed by atoms with Crippen LogP contribution in [0.2, 0.25) is 5.02 Å². The number of aliphatic hydroxyl groups excluding tert-OH is 1. The fraction of sp³-hybridized carbons (Fsp3) is 0.667. The summed E-state index contributed by atoms with van der Waals surface area (Å²) >= 11 is 6.23. The highest BCUT2D eigenvalue weighted by Crippen LogP contribution is 2.26. The number of rotatable bonds is 5. The van der Waals surface area contributed by atoms with E-state index in [2.05, 4.69) is 9.80 Å². The summed E-state index contributed by atoms with van der Waals surface area (Å²) in [5, 5.41) is 11.3. The van der Waals surface area contributed by atoms with E-state index >= 15 is 0 Å². The zero-order valence-corrected chi connectivity index (χ0v) is 14.4. The van der Waals surface area contributed by atoms with Crippen molar-refractivity contribution in [1.29, 1.82) is 0 Å². The van der Waals surface area contributed by atoms with Gasteiger partial charge in [-0.2, -0.15) is 0 Å². The standard InChI is InChI=1S/C18H27ClN2O2/c19-17-7-2-1-6-16(17)18(22)14-21-8-4-3-5-15(21)13-20-9-11-23-12-10-20/h1-2,6-7,15,18,22H,3-5,8-14H2. The lowest BCUT2D eigenvalue weighted by Gasteiger charge is -2.40. The SMILES string of the molecule is OC(CN1CCCCC1CN1CCOCC1)c1ccccc1Cl. The lowest BCUT2D eigenvalue weighted by molar-refractivity contribution is 0.00674. The van der Waals surface area contributed by atoms with Gasteiger partial charge in [-0.15, -0.1) is 0 Å². The first-order chi connectivity index (χ1) is 11.2. The number of morpholine rings is 1. The summed E-state index contributed by atoms with van der Waals surface area (Å²) in [5.41, 5.74) is 0.838. The van der Waals surface area contributed by atoms with E-state index in [0.29, 0.717) is 17.6 Å². The van der Waals surface area contributed by atoms with Crippen molar-refractivity contribution in [2.24, 2.45) is 0 Å². The molecule has 2 unspecified atom stereocenters. The molecule has 4 nitrogen and oxygen atoms in total. The Morgan fingerprint density at radius 1 is 1.17 bits per heavy atom. The van der Waals surface area contributed by atoms with E-state index < -0.39 is 6.10 Å². The molecule has 2 fully saturated rings. The average Bonchev–Trinajstić information content (AvgIpc) is 2.58. The molecule has 2 aliphatic rings. The van der Waals surface area contributed by atoms with Crippen molar-refractivity contribution >= 4 is 11.6 Å². The summed E-state index contributed by atoms with van der Waals surface area (Å²) in [6, 6.07) is 8.14. The maximum atomic E-state index is 10.6. The second kappa shape index (κ2) is 8.45. The van der Waals surface area contributed by atoms with Crippen molar-refractivity contribution in [2.45, 2.75) is 31.4 Å². The number of halogens is 1. The van der Waals surface area contributed by atoms with E-state index in [0.717, 1.165) is 45.0 Å². The minimum absolute atomic E-state index is 0.519. The second-order valence-corrected chi connectivity index (χ2v) is 7.00. The molecular formula is C18H27ClN2O2. The van der Waals surface area contributed by atoms with Crippen molar-refractivity contribution in [1.82, 2.24) is 9.80 Å². The number of ether oxygens (including phenoxy) is 1. The van der Waals surface area contributed by atoms with Gasteiger partial charge >= 0.3 is 0 Å². The summed E-state index contributed by atoms with van der Waals surface area (Å²) in [4.78, 5) is 4.95. The number of aliphatic hydroxyl groups is 1. The molecule has 0 amide bonds. The molecule has 1 aromatic carbocycles. The fourth-order valence-electron chi connectivity index (χ4n) is 3.65. The molecule has 0 aromatic heterocycles. The average molecular weight is 339 g/mol. The highest BCUT2D eigenvalue weighted by Gasteiger charge is 2.27. The van der Waals surface area contributed by atoms with E-state index in [1.807, 2.05) is 24.3 Å². The molecule has 1 N–H and O–H groups in total. The number of likely N-dealkylation sites (tertiary alicyclic amines) is 1. The summed E-state index contributed by atoms with van der Waals surface area (Å²) in [6.07, 6.45) is 3.20. The molecule has 0 aliphatic carbocycles. The summed E-state index contributed by atoms with van der Waals surface area (Å²) < 4.78 is 5.44. The van der Waals surface area contributed by atoms with Gasteiger partial charge in [0.1, 0.15) is 0 Å². The molecule has 2 saturated heterocycles. The van der Waals surface area contributed by atoms with Gasteiger partial charge in [-0.1, -0.05) is 36.2 Å². The van der Waals surface area contributed by atoms with Crippen molar-refractivity contribution in [3.63, 3.8) is 0 Å². The van der Waals surface area contributed by atoms with Crippen molar-refractivity contribution in [2.75, 3.05) is 45.9 Å². The van der Waals surface area contributed by atoms with Gasteiger partial charge in [-0.05, 0) is 25.5 Å².